The first-order chi connectivity index (χ1) is 17.8. The number of nitrogens with zero attached hydrogens (tertiary/aromatic N) is 3. The summed E-state index contributed by atoms with van der Waals surface area (Å²) < 4.78 is 12.4. The lowest BCUT2D eigenvalue weighted by atomic mass is 10.1. The maximum atomic E-state index is 6.37. The summed E-state index contributed by atoms with van der Waals surface area (Å²) in [6, 6.07) is 19.0. The number of para-hydroxylation sites is 1. The zero-order chi connectivity index (χ0) is 24.4. The molecule has 0 aliphatic carbocycles. The zero-order valence-electron chi connectivity index (χ0n) is 21.6. The lowest BCUT2D eigenvalue weighted by molar-refractivity contribution is 0.102. The van der Waals surface area contributed by atoms with Gasteiger partial charge in [-0.2, -0.15) is 0 Å². The first-order valence-electron chi connectivity index (χ1n) is 14.0. The third-order valence-corrected chi connectivity index (χ3v) is 7.65. The number of benzene rings is 2. The molecule has 0 bridgehead atoms. The second-order valence-corrected chi connectivity index (χ2v) is 10.3. The van der Waals surface area contributed by atoms with Gasteiger partial charge < -0.3 is 19.3 Å². The van der Waals surface area contributed by atoms with E-state index < -0.39 is 0 Å². The van der Waals surface area contributed by atoms with E-state index in [9.17, 15) is 0 Å². The Balaban J connectivity index is 0.990. The predicted molar refractivity (Wildman–Crippen MR) is 147 cm³/mol. The third kappa shape index (κ3) is 7.21. The number of likely N-dealkylation sites (tertiary alicyclic amines) is 2. The average molecular weight is 488 g/mol. The van der Waals surface area contributed by atoms with E-state index in [0.29, 0.717) is 0 Å². The van der Waals surface area contributed by atoms with E-state index in [-0.39, 0.29) is 6.10 Å². The summed E-state index contributed by atoms with van der Waals surface area (Å²) >= 11 is 0. The van der Waals surface area contributed by atoms with Crippen molar-refractivity contribution in [2.45, 2.75) is 57.5 Å². The number of ether oxygens (including phenoxy) is 2. The van der Waals surface area contributed by atoms with E-state index in [4.69, 9.17) is 9.47 Å². The molecule has 36 heavy (non-hydrogen) atoms. The van der Waals surface area contributed by atoms with Crippen LogP contribution in [0, 0.1) is 0 Å². The van der Waals surface area contributed by atoms with Gasteiger partial charge in [-0.25, -0.2) is 0 Å². The Morgan fingerprint density at radius 2 is 1.53 bits per heavy atom. The summed E-state index contributed by atoms with van der Waals surface area (Å²) in [7, 11) is 0. The second kappa shape index (κ2) is 13.1. The smallest absolute Gasteiger partial charge is 0.145 e. The highest BCUT2D eigenvalue weighted by atomic mass is 16.5. The van der Waals surface area contributed by atoms with Crippen LogP contribution < -0.4 is 9.47 Å². The molecular weight excluding hydrogens is 446 g/mol. The SMILES string of the molecule is c1cnc2c(OC3CCN(CCc4ccc(OCCCN5CCCCCC5)cc4)CC3)cccc2c1. The minimum Gasteiger partial charge on any atom is -0.494 e. The predicted octanol–water partition coefficient (Wildman–Crippen LogP) is 5.97. The molecule has 0 saturated carbocycles. The summed E-state index contributed by atoms with van der Waals surface area (Å²) in [5.41, 5.74) is 2.35. The van der Waals surface area contributed by atoms with Gasteiger partial charge >= 0.3 is 0 Å². The van der Waals surface area contributed by atoms with Crippen LogP contribution in [0.5, 0.6) is 11.5 Å². The molecule has 5 nitrogen and oxygen atoms in total. The average Bonchev–Trinajstić information content (AvgIpc) is 3.21. The number of rotatable bonds is 10. The molecule has 2 aliphatic rings. The van der Waals surface area contributed by atoms with Crippen molar-refractivity contribution in [3.8, 4) is 11.5 Å². The normalized spacial score (nSPS) is 18.2. The van der Waals surface area contributed by atoms with Crippen molar-refractivity contribution in [2.75, 3.05) is 45.9 Å². The van der Waals surface area contributed by atoms with E-state index in [1.807, 2.05) is 18.3 Å². The van der Waals surface area contributed by atoms with E-state index in [1.54, 1.807) is 0 Å². The van der Waals surface area contributed by atoms with E-state index in [1.165, 1.54) is 50.9 Å². The molecule has 2 saturated heterocycles. The summed E-state index contributed by atoms with van der Waals surface area (Å²) in [6.07, 6.45) is 11.9. The molecule has 0 spiro atoms. The fraction of sp³-hybridized carbons (Fsp3) is 0.516. The van der Waals surface area contributed by atoms with Gasteiger partial charge in [-0.1, -0.05) is 43.2 Å². The Morgan fingerprint density at radius 1 is 0.778 bits per heavy atom. The molecule has 2 aliphatic heterocycles. The van der Waals surface area contributed by atoms with Gasteiger partial charge in [0.2, 0.25) is 0 Å². The fourth-order valence-corrected chi connectivity index (χ4v) is 5.48. The van der Waals surface area contributed by atoms with Crippen molar-refractivity contribution in [3.05, 3.63) is 66.4 Å². The zero-order valence-corrected chi connectivity index (χ0v) is 21.6. The highest BCUT2D eigenvalue weighted by Gasteiger charge is 2.21. The van der Waals surface area contributed by atoms with Crippen LogP contribution in [0.2, 0.25) is 0 Å². The minimum absolute atomic E-state index is 0.268. The quantitative estimate of drug-likeness (QED) is 0.330. The van der Waals surface area contributed by atoms with Gasteiger partial charge in [0.1, 0.15) is 23.1 Å². The number of hydrogen-bond acceptors (Lipinski definition) is 5. The number of fused-ring (bicyclic) bond motifs is 1. The van der Waals surface area contributed by atoms with Crippen LogP contribution in [-0.4, -0.2) is 66.8 Å². The van der Waals surface area contributed by atoms with Crippen LogP contribution >= 0.6 is 0 Å². The number of hydrogen-bond donors (Lipinski definition) is 0. The molecule has 3 heterocycles. The lowest BCUT2D eigenvalue weighted by Crippen LogP contribution is -2.39. The van der Waals surface area contributed by atoms with E-state index in [2.05, 4.69) is 57.2 Å². The van der Waals surface area contributed by atoms with Gasteiger partial charge in [0.05, 0.1) is 6.61 Å². The van der Waals surface area contributed by atoms with Gasteiger partial charge in [0, 0.05) is 37.8 Å². The van der Waals surface area contributed by atoms with Crippen molar-refractivity contribution in [3.63, 3.8) is 0 Å². The topological polar surface area (TPSA) is 37.8 Å². The van der Waals surface area contributed by atoms with Crippen molar-refractivity contribution >= 4 is 10.9 Å². The van der Waals surface area contributed by atoms with Crippen LogP contribution in [0.15, 0.2) is 60.8 Å². The molecule has 0 atom stereocenters. The lowest BCUT2D eigenvalue weighted by Gasteiger charge is -2.32. The van der Waals surface area contributed by atoms with E-state index >= 15 is 0 Å². The van der Waals surface area contributed by atoms with Crippen LogP contribution in [-0.2, 0) is 6.42 Å². The van der Waals surface area contributed by atoms with Crippen molar-refractivity contribution in [1.82, 2.24) is 14.8 Å². The molecule has 5 heteroatoms. The second-order valence-electron chi connectivity index (χ2n) is 10.3. The molecule has 5 rings (SSSR count). The van der Waals surface area contributed by atoms with Crippen LogP contribution in [0.3, 0.4) is 0 Å². The first-order valence-corrected chi connectivity index (χ1v) is 14.0. The van der Waals surface area contributed by atoms with Gasteiger partial charge in [0.25, 0.3) is 0 Å². The molecule has 192 valence electrons. The standard InChI is InChI=1S/C31H41N3O2/c1-2-4-20-33(19-3-1)21-7-25-35-28-13-11-26(12-14-28)15-22-34-23-16-29(17-24-34)36-30-10-5-8-27-9-6-18-32-31(27)30/h5-6,8-14,18,29H,1-4,7,15-17,19-25H2. The summed E-state index contributed by atoms with van der Waals surface area (Å²) in [5, 5.41) is 1.14. The Labute approximate surface area is 216 Å². The van der Waals surface area contributed by atoms with Crippen LogP contribution in [0.25, 0.3) is 10.9 Å². The molecule has 0 unspecified atom stereocenters. The Morgan fingerprint density at radius 3 is 2.33 bits per heavy atom. The van der Waals surface area contributed by atoms with Gasteiger partial charge in [-0.15, -0.1) is 0 Å². The Kier molecular flexibility index (Phi) is 9.09. The monoisotopic (exact) mass is 487 g/mol. The molecular formula is C31H41N3O2. The molecule has 0 amide bonds. The molecule has 1 aromatic heterocycles. The van der Waals surface area contributed by atoms with Crippen LogP contribution in [0.4, 0.5) is 0 Å². The maximum Gasteiger partial charge on any atom is 0.145 e. The fourth-order valence-electron chi connectivity index (χ4n) is 5.48. The molecule has 0 N–H and O–H groups in total. The molecule has 0 radical (unpaired) electrons. The molecule has 2 aromatic carbocycles. The van der Waals surface area contributed by atoms with Gasteiger partial charge in [-0.3, -0.25) is 4.98 Å². The van der Waals surface area contributed by atoms with Gasteiger partial charge in [-0.05, 0) is 81.4 Å². The van der Waals surface area contributed by atoms with Crippen molar-refractivity contribution in [2.24, 2.45) is 0 Å². The summed E-state index contributed by atoms with van der Waals surface area (Å²) in [4.78, 5) is 9.70. The van der Waals surface area contributed by atoms with Crippen molar-refractivity contribution < 1.29 is 9.47 Å². The summed E-state index contributed by atoms with van der Waals surface area (Å²) in [6.45, 7) is 7.77. The third-order valence-electron chi connectivity index (χ3n) is 7.65. The Hall–Kier alpha value is -2.63. The molecule has 3 aromatic rings. The minimum atomic E-state index is 0.268. The molecule has 2 fully saturated rings. The number of piperidine rings is 1. The number of pyridine rings is 1. The first kappa shape index (κ1) is 25.0. The van der Waals surface area contributed by atoms with E-state index in [0.717, 1.165) is 74.3 Å². The van der Waals surface area contributed by atoms with Crippen molar-refractivity contribution in [1.29, 1.82) is 0 Å². The Bertz CT molecular complexity index is 1050. The summed E-state index contributed by atoms with van der Waals surface area (Å²) in [5.74, 6) is 1.91. The number of aromatic nitrogens is 1. The largest absolute Gasteiger partial charge is 0.494 e. The van der Waals surface area contributed by atoms with Gasteiger partial charge in [0.15, 0.2) is 0 Å². The van der Waals surface area contributed by atoms with Crippen LogP contribution in [0.1, 0.15) is 50.5 Å². The highest BCUT2D eigenvalue weighted by molar-refractivity contribution is 5.84. The highest BCUT2D eigenvalue weighted by Crippen LogP contribution is 2.26. The maximum absolute atomic E-state index is 6.37.